The van der Waals surface area contributed by atoms with Gasteiger partial charge in [-0.15, -0.1) is 0 Å². The van der Waals surface area contributed by atoms with Crippen LogP contribution in [0.4, 0.5) is 5.69 Å². The molecule has 0 saturated heterocycles. The van der Waals surface area contributed by atoms with Crippen molar-refractivity contribution < 1.29 is 4.79 Å². The van der Waals surface area contributed by atoms with E-state index in [2.05, 4.69) is 58.1 Å². The molecular weight excluding hydrogens is 258 g/mol. The number of anilines is 1. The van der Waals surface area contributed by atoms with E-state index in [-0.39, 0.29) is 11.7 Å². The zero-order valence-corrected chi connectivity index (χ0v) is 14.1. The summed E-state index contributed by atoms with van der Waals surface area (Å²) >= 11 is 0. The van der Waals surface area contributed by atoms with E-state index < -0.39 is 0 Å². The first-order valence-corrected chi connectivity index (χ1v) is 7.96. The van der Waals surface area contributed by atoms with Crippen molar-refractivity contribution in [2.24, 2.45) is 5.92 Å². The monoisotopic (exact) mass is 285 g/mol. The molecule has 0 bridgehead atoms. The van der Waals surface area contributed by atoms with Gasteiger partial charge in [-0.2, -0.15) is 0 Å². The Hall–Kier alpha value is -1.57. The summed E-state index contributed by atoms with van der Waals surface area (Å²) in [7, 11) is 0. The molecule has 0 radical (unpaired) electrons. The molecule has 1 N–H and O–H groups in total. The third-order valence-electron chi connectivity index (χ3n) is 4.36. The van der Waals surface area contributed by atoms with Crippen molar-refractivity contribution in [1.82, 2.24) is 0 Å². The largest absolute Gasteiger partial charge is 0.352 e. The zero-order chi connectivity index (χ0) is 15.7. The Bertz CT molecular complexity index is 555. The predicted molar refractivity (Wildman–Crippen MR) is 89.7 cm³/mol. The van der Waals surface area contributed by atoms with Crippen molar-refractivity contribution in [2.45, 2.75) is 59.8 Å². The number of rotatable bonds is 4. The molecule has 1 aliphatic rings. The lowest BCUT2D eigenvalue weighted by atomic mass is 9.92. The molecule has 114 valence electrons. The minimum atomic E-state index is 0.112. The topological polar surface area (TPSA) is 29.1 Å². The number of nitrogens with one attached hydrogen (secondary N) is 1. The molecule has 1 aliphatic carbocycles. The molecular formula is C19H27NO. The maximum absolute atomic E-state index is 12.4. The fraction of sp³-hybridized carbons (Fsp3) is 0.526. The van der Waals surface area contributed by atoms with Crippen molar-refractivity contribution in [2.75, 3.05) is 5.32 Å². The van der Waals surface area contributed by atoms with Crippen LogP contribution in [0.15, 0.2) is 29.5 Å². The fourth-order valence-electron chi connectivity index (χ4n) is 3.10. The van der Waals surface area contributed by atoms with Gasteiger partial charge in [0, 0.05) is 11.6 Å². The lowest BCUT2D eigenvalue weighted by Crippen LogP contribution is -2.15. The molecule has 1 aromatic rings. The minimum Gasteiger partial charge on any atom is -0.352 e. The molecule has 0 fully saturated rings. The first kappa shape index (κ1) is 15.8. The van der Waals surface area contributed by atoms with Gasteiger partial charge in [-0.05, 0) is 41.9 Å². The van der Waals surface area contributed by atoms with Crippen LogP contribution < -0.4 is 5.32 Å². The molecule has 2 nitrogen and oxygen atoms in total. The lowest BCUT2D eigenvalue weighted by molar-refractivity contribution is -0.117. The molecule has 1 aromatic carbocycles. The smallest absolute Gasteiger partial charge is 0.182 e. The number of hydrogen-bond donors (Lipinski definition) is 1. The Kier molecular flexibility index (Phi) is 4.55. The number of Topliss-reactive ketones (excluding diaryl/α,β-unsaturated/α-hetero) is 1. The van der Waals surface area contributed by atoms with Crippen molar-refractivity contribution in [3.8, 4) is 0 Å². The normalized spacial score (nSPS) is 19.0. The summed E-state index contributed by atoms with van der Waals surface area (Å²) in [6.07, 6.45) is 0.877. The number of carbonyl (C=O) groups excluding carboxylic acids is 1. The van der Waals surface area contributed by atoms with Crippen LogP contribution in [0, 0.1) is 5.92 Å². The summed E-state index contributed by atoms with van der Waals surface area (Å²) in [4.78, 5) is 12.4. The van der Waals surface area contributed by atoms with Gasteiger partial charge < -0.3 is 5.32 Å². The second-order valence-corrected chi connectivity index (χ2v) is 6.87. The number of hydrogen-bond acceptors (Lipinski definition) is 2. The molecule has 0 aliphatic heterocycles. The van der Waals surface area contributed by atoms with Crippen LogP contribution in [0.1, 0.15) is 70.9 Å². The summed E-state index contributed by atoms with van der Waals surface area (Å²) < 4.78 is 0. The molecule has 1 unspecified atom stereocenters. The lowest BCUT2D eigenvalue weighted by Gasteiger charge is -2.21. The van der Waals surface area contributed by atoms with E-state index in [1.165, 1.54) is 16.7 Å². The van der Waals surface area contributed by atoms with Crippen LogP contribution in [0.25, 0.3) is 0 Å². The number of carbonyl (C=O) groups is 1. The van der Waals surface area contributed by atoms with E-state index in [9.17, 15) is 4.79 Å². The molecule has 0 spiro atoms. The van der Waals surface area contributed by atoms with E-state index in [1.54, 1.807) is 0 Å². The number of benzene rings is 1. The quantitative estimate of drug-likeness (QED) is 0.821. The number of ketones is 1. The maximum atomic E-state index is 12.4. The van der Waals surface area contributed by atoms with Crippen molar-refractivity contribution in [3.05, 3.63) is 40.6 Å². The summed E-state index contributed by atoms with van der Waals surface area (Å²) in [5, 5.41) is 3.50. The number of allylic oxidation sites excluding steroid dienone is 2. The zero-order valence-electron chi connectivity index (χ0n) is 14.1. The average molecular weight is 285 g/mol. The van der Waals surface area contributed by atoms with Gasteiger partial charge in [0.1, 0.15) is 0 Å². The second kappa shape index (κ2) is 6.05. The molecule has 2 rings (SSSR count). The van der Waals surface area contributed by atoms with Gasteiger partial charge in [0.15, 0.2) is 5.78 Å². The van der Waals surface area contributed by atoms with Crippen LogP contribution in [-0.4, -0.2) is 5.78 Å². The first-order chi connectivity index (χ1) is 9.82. The molecule has 0 heterocycles. The molecule has 0 amide bonds. The van der Waals surface area contributed by atoms with Crippen LogP contribution in [0.3, 0.4) is 0 Å². The van der Waals surface area contributed by atoms with E-state index in [4.69, 9.17) is 0 Å². The highest BCUT2D eigenvalue weighted by molar-refractivity contribution is 6.03. The highest BCUT2D eigenvalue weighted by atomic mass is 16.1. The highest BCUT2D eigenvalue weighted by Crippen LogP contribution is 2.36. The van der Waals surface area contributed by atoms with E-state index in [0.29, 0.717) is 11.8 Å². The van der Waals surface area contributed by atoms with Gasteiger partial charge in [-0.1, -0.05) is 52.8 Å². The van der Waals surface area contributed by atoms with Crippen LogP contribution in [-0.2, 0) is 4.79 Å². The Morgan fingerprint density at radius 3 is 2.00 bits per heavy atom. The van der Waals surface area contributed by atoms with Gasteiger partial charge >= 0.3 is 0 Å². The van der Waals surface area contributed by atoms with Crippen LogP contribution in [0.2, 0.25) is 0 Å². The molecule has 0 saturated carbocycles. The SMILES string of the molecule is CC1=C(Nc2c(C(C)C)cccc2C(C)C)C(=O)C(C)C1. The standard InChI is InChI=1S/C19H27NO/c1-11(2)15-8-7-9-16(12(3)4)18(15)20-17-13(5)10-14(6)19(17)21/h7-9,11-12,14,20H,10H2,1-6H3. The maximum Gasteiger partial charge on any atom is 0.182 e. The van der Waals surface area contributed by atoms with Gasteiger partial charge in [0.2, 0.25) is 0 Å². The number of para-hydroxylation sites is 1. The third-order valence-corrected chi connectivity index (χ3v) is 4.36. The van der Waals surface area contributed by atoms with Crippen LogP contribution >= 0.6 is 0 Å². The summed E-state index contributed by atoms with van der Waals surface area (Å²) in [5.74, 6) is 1.23. The fourth-order valence-corrected chi connectivity index (χ4v) is 3.10. The summed E-state index contributed by atoms with van der Waals surface area (Å²) in [6.45, 7) is 12.9. The van der Waals surface area contributed by atoms with Gasteiger partial charge in [0.05, 0.1) is 5.70 Å². The highest BCUT2D eigenvalue weighted by Gasteiger charge is 2.28. The van der Waals surface area contributed by atoms with E-state index >= 15 is 0 Å². The van der Waals surface area contributed by atoms with Gasteiger partial charge in [-0.3, -0.25) is 4.79 Å². The first-order valence-electron chi connectivity index (χ1n) is 7.96. The summed E-state index contributed by atoms with van der Waals surface area (Å²) in [5.41, 5.74) is 5.71. The van der Waals surface area contributed by atoms with Crippen molar-refractivity contribution >= 4 is 11.5 Å². The molecule has 2 heteroatoms. The Balaban J connectivity index is 2.48. The molecule has 1 atom stereocenters. The van der Waals surface area contributed by atoms with Crippen molar-refractivity contribution in [1.29, 1.82) is 0 Å². The Morgan fingerprint density at radius 1 is 1.10 bits per heavy atom. The Labute approximate surface area is 128 Å². The Morgan fingerprint density at radius 2 is 1.62 bits per heavy atom. The van der Waals surface area contributed by atoms with E-state index in [1.807, 2.05) is 6.92 Å². The summed E-state index contributed by atoms with van der Waals surface area (Å²) in [6, 6.07) is 6.45. The van der Waals surface area contributed by atoms with E-state index in [0.717, 1.165) is 17.8 Å². The average Bonchev–Trinajstić information content (AvgIpc) is 2.65. The minimum absolute atomic E-state index is 0.112. The predicted octanol–water partition coefficient (Wildman–Crippen LogP) is 5.23. The molecule has 0 aromatic heterocycles. The van der Waals surface area contributed by atoms with Crippen molar-refractivity contribution in [3.63, 3.8) is 0 Å². The van der Waals surface area contributed by atoms with Crippen LogP contribution in [0.5, 0.6) is 0 Å². The van der Waals surface area contributed by atoms with Gasteiger partial charge in [0.25, 0.3) is 0 Å². The third kappa shape index (κ3) is 3.04. The van der Waals surface area contributed by atoms with Gasteiger partial charge in [-0.25, -0.2) is 0 Å². The second-order valence-electron chi connectivity index (χ2n) is 6.87. The molecule has 21 heavy (non-hydrogen) atoms.